The molecule has 3 heterocycles. The Morgan fingerprint density at radius 3 is 2.41 bits per heavy atom. The zero-order valence-electron chi connectivity index (χ0n) is 16.9. The molecule has 0 radical (unpaired) electrons. The number of piperidine rings is 1. The van der Waals surface area contributed by atoms with Crippen molar-refractivity contribution in [3.63, 3.8) is 0 Å². The minimum absolute atomic E-state index is 0.000190. The number of thiophene rings is 1. The summed E-state index contributed by atoms with van der Waals surface area (Å²) in [5.74, 6) is -0.231. The molecule has 0 aliphatic carbocycles. The van der Waals surface area contributed by atoms with Gasteiger partial charge in [-0.05, 0) is 30.7 Å². The Kier molecular flexibility index (Phi) is 7.66. The maximum atomic E-state index is 13.0. The van der Waals surface area contributed by atoms with Crippen LogP contribution in [-0.2, 0) is 14.8 Å². The normalized spacial score (nSPS) is 19.3. The lowest BCUT2D eigenvalue weighted by Gasteiger charge is -2.34. The number of sulfonamides is 1. The fraction of sp³-hybridized carbons (Fsp3) is 0.684. The van der Waals surface area contributed by atoms with Crippen LogP contribution in [0.3, 0.4) is 0 Å². The summed E-state index contributed by atoms with van der Waals surface area (Å²) in [5, 5.41) is 4.54. The molecule has 10 heteroatoms. The van der Waals surface area contributed by atoms with Crippen LogP contribution >= 0.6 is 11.3 Å². The van der Waals surface area contributed by atoms with Crippen LogP contribution in [-0.4, -0.2) is 86.7 Å². The van der Waals surface area contributed by atoms with Crippen molar-refractivity contribution in [2.45, 2.75) is 37.5 Å². The van der Waals surface area contributed by atoms with E-state index in [4.69, 9.17) is 0 Å². The fourth-order valence-electron chi connectivity index (χ4n) is 3.68. The summed E-state index contributed by atoms with van der Waals surface area (Å²) in [4.78, 5) is 29.1. The van der Waals surface area contributed by atoms with Gasteiger partial charge in [0.2, 0.25) is 15.9 Å². The first-order chi connectivity index (χ1) is 13.9. The molecule has 0 unspecified atom stereocenters. The second kappa shape index (κ2) is 10.0. The largest absolute Gasteiger partial charge is 0.355 e. The van der Waals surface area contributed by atoms with Crippen LogP contribution < -0.4 is 5.32 Å². The van der Waals surface area contributed by atoms with Crippen LogP contribution in [0, 0.1) is 0 Å². The topological polar surface area (TPSA) is 90.0 Å². The average molecular weight is 443 g/mol. The van der Waals surface area contributed by atoms with Crippen molar-refractivity contribution in [2.75, 3.05) is 52.4 Å². The van der Waals surface area contributed by atoms with E-state index in [0.717, 1.165) is 25.7 Å². The summed E-state index contributed by atoms with van der Waals surface area (Å²) in [7, 11) is -3.64. The lowest BCUT2D eigenvalue weighted by molar-refractivity contribution is -0.122. The second-order valence-electron chi connectivity index (χ2n) is 7.50. The van der Waals surface area contributed by atoms with Crippen molar-refractivity contribution in [1.29, 1.82) is 0 Å². The van der Waals surface area contributed by atoms with Gasteiger partial charge in [-0.3, -0.25) is 14.5 Å². The Balaban J connectivity index is 1.61. The van der Waals surface area contributed by atoms with Crippen LogP contribution in [0.1, 0.15) is 42.3 Å². The molecule has 3 rings (SSSR count). The molecule has 2 amide bonds. The molecule has 8 nitrogen and oxygen atoms in total. The molecule has 0 bridgehead atoms. The Morgan fingerprint density at radius 1 is 1.07 bits per heavy atom. The third-order valence-corrected chi connectivity index (χ3v) is 8.33. The van der Waals surface area contributed by atoms with Crippen LogP contribution in [0.4, 0.5) is 0 Å². The molecule has 1 aromatic rings. The summed E-state index contributed by atoms with van der Waals surface area (Å²) in [6, 6.07) is 1.55. The van der Waals surface area contributed by atoms with Gasteiger partial charge in [-0.25, -0.2) is 8.42 Å². The van der Waals surface area contributed by atoms with E-state index in [1.54, 1.807) is 16.3 Å². The SMILES string of the molecule is CCCNC(=O)CN1CCN(C(=O)c2sccc2S(=O)(=O)N2CCCCC2)CC1. The monoisotopic (exact) mass is 442 g/mol. The number of nitrogens with zero attached hydrogens (tertiary/aromatic N) is 3. The molecular formula is C19H30N4O4S2. The van der Waals surface area contributed by atoms with Gasteiger partial charge in [0.1, 0.15) is 9.77 Å². The predicted molar refractivity (Wildman–Crippen MR) is 113 cm³/mol. The Labute approximate surface area is 176 Å². The number of carbonyl (C=O) groups is 2. The van der Waals surface area contributed by atoms with Crippen molar-refractivity contribution in [1.82, 2.24) is 19.4 Å². The van der Waals surface area contributed by atoms with E-state index in [1.165, 1.54) is 15.6 Å². The molecule has 2 aliphatic rings. The molecule has 0 atom stereocenters. The molecule has 0 aromatic carbocycles. The van der Waals surface area contributed by atoms with E-state index in [0.29, 0.717) is 57.2 Å². The lowest BCUT2D eigenvalue weighted by atomic mass is 10.2. The molecule has 29 heavy (non-hydrogen) atoms. The minimum Gasteiger partial charge on any atom is -0.355 e. The lowest BCUT2D eigenvalue weighted by Crippen LogP contribution is -2.51. The first kappa shape index (κ1) is 22.2. The minimum atomic E-state index is -3.64. The first-order valence-electron chi connectivity index (χ1n) is 10.3. The van der Waals surface area contributed by atoms with Crippen LogP contribution in [0.5, 0.6) is 0 Å². The third kappa shape index (κ3) is 5.36. The molecule has 0 spiro atoms. The molecule has 2 aliphatic heterocycles. The highest BCUT2D eigenvalue weighted by Crippen LogP contribution is 2.28. The standard InChI is InChI=1S/C19H30N4O4S2/c1-2-7-20-17(24)15-21-10-12-22(13-11-21)19(25)18-16(6-14-28-18)29(26,27)23-8-4-3-5-9-23/h6,14H,2-5,7-13,15H2,1H3,(H,20,24). The number of rotatable bonds is 7. The Bertz CT molecular complexity index is 810. The van der Waals surface area contributed by atoms with E-state index in [9.17, 15) is 18.0 Å². The summed E-state index contributed by atoms with van der Waals surface area (Å²) < 4.78 is 27.6. The Morgan fingerprint density at radius 2 is 1.76 bits per heavy atom. The van der Waals surface area contributed by atoms with Gasteiger partial charge < -0.3 is 10.2 Å². The Hall–Kier alpha value is -1.49. The average Bonchev–Trinajstić information content (AvgIpc) is 3.24. The molecule has 1 N–H and O–H groups in total. The van der Waals surface area contributed by atoms with Crippen LogP contribution in [0.2, 0.25) is 0 Å². The zero-order valence-corrected chi connectivity index (χ0v) is 18.6. The highest BCUT2D eigenvalue weighted by Gasteiger charge is 2.33. The zero-order chi connectivity index (χ0) is 20.9. The first-order valence-corrected chi connectivity index (χ1v) is 12.6. The van der Waals surface area contributed by atoms with E-state index in [1.807, 2.05) is 11.8 Å². The van der Waals surface area contributed by atoms with Crippen molar-refractivity contribution in [3.8, 4) is 0 Å². The van der Waals surface area contributed by atoms with Gasteiger partial charge in [0.25, 0.3) is 5.91 Å². The van der Waals surface area contributed by atoms with Gasteiger partial charge in [-0.2, -0.15) is 4.31 Å². The summed E-state index contributed by atoms with van der Waals surface area (Å²) in [6.45, 7) is 6.22. The molecule has 2 saturated heterocycles. The van der Waals surface area contributed by atoms with E-state index in [-0.39, 0.29) is 16.7 Å². The number of piperazine rings is 1. The van der Waals surface area contributed by atoms with Gasteiger partial charge in [0.15, 0.2) is 0 Å². The maximum absolute atomic E-state index is 13.0. The fourth-order valence-corrected chi connectivity index (χ4v) is 6.56. The summed E-state index contributed by atoms with van der Waals surface area (Å²) in [6.07, 6.45) is 3.67. The second-order valence-corrected chi connectivity index (χ2v) is 10.3. The number of nitrogens with one attached hydrogen (secondary N) is 1. The third-order valence-electron chi connectivity index (χ3n) is 5.36. The van der Waals surface area contributed by atoms with E-state index >= 15 is 0 Å². The molecular weight excluding hydrogens is 412 g/mol. The van der Waals surface area contributed by atoms with Crippen molar-refractivity contribution in [2.24, 2.45) is 0 Å². The number of hydrogen-bond acceptors (Lipinski definition) is 6. The van der Waals surface area contributed by atoms with E-state index in [2.05, 4.69) is 5.32 Å². The van der Waals surface area contributed by atoms with Crippen molar-refractivity contribution >= 4 is 33.2 Å². The molecule has 162 valence electrons. The van der Waals surface area contributed by atoms with E-state index < -0.39 is 10.0 Å². The van der Waals surface area contributed by atoms with Gasteiger partial charge >= 0.3 is 0 Å². The molecule has 1 aromatic heterocycles. The van der Waals surface area contributed by atoms with Crippen LogP contribution in [0.25, 0.3) is 0 Å². The summed E-state index contributed by atoms with van der Waals surface area (Å²) >= 11 is 1.19. The molecule has 0 saturated carbocycles. The predicted octanol–water partition coefficient (Wildman–Crippen LogP) is 1.21. The van der Waals surface area contributed by atoms with Crippen LogP contribution in [0.15, 0.2) is 16.3 Å². The van der Waals surface area contributed by atoms with Gasteiger partial charge in [0.05, 0.1) is 6.54 Å². The number of carbonyl (C=O) groups excluding carboxylic acids is 2. The maximum Gasteiger partial charge on any atom is 0.265 e. The van der Waals surface area contributed by atoms with Gasteiger partial charge in [-0.1, -0.05) is 13.3 Å². The molecule has 2 fully saturated rings. The number of amides is 2. The van der Waals surface area contributed by atoms with Gasteiger partial charge in [-0.15, -0.1) is 11.3 Å². The smallest absolute Gasteiger partial charge is 0.265 e. The highest BCUT2D eigenvalue weighted by molar-refractivity contribution is 7.89. The van der Waals surface area contributed by atoms with Crippen molar-refractivity contribution in [3.05, 3.63) is 16.3 Å². The number of hydrogen-bond donors (Lipinski definition) is 1. The van der Waals surface area contributed by atoms with Gasteiger partial charge in [0, 0.05) is 45.8 Å². The van der Waals surface area contributed by atoms with Crippen molar-refractivity contribution < 1.29 is 18.0 Å². The quantitative estimate of drug-likeness (QED) is 0.686. The summed E-state index contributed by atoms with van der Waals surface area (Å²) in [5.41, 5.74) is 0. The highest BCUT2D eigenvalue weighted by atomic mass is 32.2.